The van der Waals surface area contributed by atoms with Gasteiger partial charge in [0.15, 0.2) is 0 Å². The fourth-order valence-electron chi connectivity index (χ4n) is 2.68. The van der Waals surface area contributed by atoms with Crippen molar-refractivity contribution in [2.24, 2.45) is 5.73 Å². The molecule has 3 N–H and O–H groups in total. The Hall–Kier alpha value is -2.29. The van der Waals surface area contributed by atoms with Crippen LogP contribution in [0.15, 0.2) is 42.5 Å². The summed E-state index contributed by atoms with van der Waals surface area (Å²) in [4.78, 5) is 0. The lowest BCUT2D eigenvalue weighted by Gasteiger charge is -2.17. The van der Waals surface area contributed by atoms with E-state index in [0.29, 0.717) is 11.3 Å². The summed E-state index contributed by atoms with van der Waals surface area (Å²) in [6.07, 6.45) is 4.82. The van der Waals surface area contributed by atoms with E-state index in [9.17, 15) is 0 Å². The molecule has 3 rings (SSSR count). The molecule has 0 aliphatic heterocycles. The highest BCUT2D eigenvalue weighted by molar-refractivity contribution is 5.97. The average Bonchev–Trinajstić information content (AvgIpc) is 2.47. The van der Waals surface area contributed by atoms with Gasteiger partial charge in [-0.25, -0.2) is 0 Å². The monoisotopic (exact) mass is 266 g/mol. The summed E-state index contributed by atoms with van der Waals surface area (Å²) in [5.74, 6) is 1.48. The highest BCUT2D eigenvalue weighted by atomic mass is 16.5. The van der Waals surface area contributed by atoms with Crippen molar-refractivity contribution in [3.8, 4) is 11.5 Å². The summed E-state index contributed by atoms with van der Waals surface area (Å²) in [5.41, 5.74) is 9.03. The summed E-state index contributed by atoms with van der Waals surface area (Å²) in [7, 11) is 0. The highest BCUT2D eigenvalue weighted by Crippen LogP contribution is 2.29. The summed E-state index contributed by atoms with van der Waals surface area (Å²) < 4.78 is 5.92. The maximum absolute atomic E-state index is 7.59. The van der Waals surface area contributed by atoms with Crippen molar-refractivity contribution < 1.29 is 4.74 Å². The van der Waals surface area contributed by atoms with Gasteiger partial charge < -0.3 is 10.5 Å². The normalized spacial score (nSPS) is 13.6. The van der Waals surface area contributed by atoms with Crippen molar-refractivity contribution in [1.82, 2.24) is 0 Å². The number of para-hydroxylation sites is 1. The van der Waals surface area contributed by atoms with Crippen molar-refractivity contribution in [3.63, 3.8) is 0 Å². The molecular weight excluding hydrogens is 248 g/mol. The van der Waals surface area contributed by atoms with Gasteiger partial charge in [0.05, 0.1) is 5.56 Å². The second-order valence-electron chi connectivity index (χ2n) is 5.15. The van der Waals surface area contributed by atoms with E-state index in [2.05, 4.69) is 12.1 Å². The third-order valence-electron chi connectivity index (χ3n) is 3.72. The van der Waals surface area contributed by atoms with E-state index in [-0.39, 0.29) is 5.84 Å². The molecule has 3 nitrogen and oxygen atoms in total. The van der Waals surface area contributed by atoms with Gasteiger partial charge in [-0.15, -0.1) is 0 Å². The molecule has 0 amide bonds. The average molecular weight is 266 g/mol. The molecule has 0 saturated heterocycles. The predicted molar refractivity (Wildman–Crippen MR) is 80.6 cm³/mol. The fraction of sp³-hybridized carbons (Fsp3) is 0.235. The lowest BCUT2D eigenvalue weighted by Crippen LogP contribution is -2.12. The molecule has 1 aliphatic carbocycles. The Labute approximate surface area is 118 Å². The number of amidine groups is 1. The first-order chi connectivity index (χ1) is 9.74. The van der Waals surface area contributed by atoms with Crippen molar-refractivity contribution in [2.45, 2.75) is 25.7 Å². The van der Waals surface area contributed by atoms with E-state index in [1.807, 2.05) is 24.3 Å². The second-order valence-corrected chi connectivity index (χ2v) is 5.15. The molecule has 2 aromatic carbocycles. The van der Waals surface area contributed by atoms with E-state index in [1.165, 1.54) is 30.4 Å². The molecular formula is C17H18N2O. The van der Waals surface area contributed by atoms with Gasteiger partial charge in [0.2, 0.25) is 0 Å². The van der Waals surface area contributed by atoms with Gasteiger partial charge >= 0.3 is 0 Å². The smallest absolute Gasteiger partial charge is 0.138 e. The predicted octanol–water partition coefficient (Wildman–Crippen LogP) is 3.64. The molecule has 0 atom stereocenters. The van der Waals surface area contributed by atoms with Crippen molar-refractivity contribution >= 4 is 5.84 Å². The van der Waals surface area contributed by atoms with Crippen LogP contribution in [0.3, 0.4) is 0 Å². The standard InChI is InChI=1S/C17H18N2O/c18-17(19)15-7-3-4-8-16(15)20-14-10-9-12-5-1-2-6-13(12)11-14/h3-4,7-11H,1-2,5-6H2,(H3,18,19). The first-order valence-electron chi connectivity index (χ1n) is 6.97. The molecule has 102 valence electrons. The van der Waals surface area contributed by atoms with Crippen LogP contribution in [0.1, 0.15) is 29.5 Å². The summed E-state index contributed by atoms with van der Waals surface area (Å²) in [6, 6.07) is 13.7. The molecule has 0 radical (unpaired) electrons. The molecule has 20 heavy (non-hydrogen) atoms. The molecule has 2 aromatic rings. The van der Waals surface area contributed by atoms with Gasteiger partial charge in [0, 0.05) is 0 Å². The van der Waals surface area contributed by atoms with Gasteiger partial charge in [-0.05, 0) is 61.1 Å². The fourth-order valence-corrected chi connectivity index (χ4v) is 2.68. The van der Waals surface area contributed by atoms with Gasteiger partial charge in [-0.2, -0.15) is 0 Å². The van der Waals surface area contributed by atoms with Gasteiger partial charge in [-0.1, -0.05) is 18.2 Å². The van der Waals surface area contributed by atoms with Crippen LogP contribution >= 0.6 is 0 Å². The number of benzene rings is 2. The highest BCUT2D eigenvalue weighted by Gasteiger charge is 2.11. The number of nitrogens with two attached hydrogens (primary N) is 1. The Kier molecular flexibility index (Phi) is 3.42. The third-order valence-corrected chi connectivity index (χ3v) is 3.72. The number of hydrogen-bond acceptors (Lipinski definition) is 2. The van der Waals surface area contributed by atoms with Crippen molar-refractivity contribution in [1.29, 1.82) is 5.41 Å². The molecule has 3 heteroatoms. The molecule has 0 aromatic heterocycles. The van der Waals surface area contributed by atoms with Crippen LogP contribution < -0.4 is 10.5 Å². The maximum atomic E-state index is 7.59. The zero-order valence-electron chi connectivity index (χ0n) is 11.4. The topological polar surface area (TPSA) is 59.1 Å². The number of fused-ring (bicyclic) bond motifs is 1. The number of ether oxygens (including phenoxy) is 1. The summed E-state index contributed by atoms with van der Waals surface area (Å²) in [5, 5.41) is 7.59. The Bertz CT molecular complexity index is 649. The SMILES string of the molecule is N=C(N)c1ccccc1Oc1ccc2c(c1)CCCC2. The van der Waals surface area contributed by atoms with Crippen LogP contribution in [-0.2, 0) is 12.8 Å². The zero-order chi connectivity index (χ0) is 13.9. The summed E-state index contributed by atoms with van der Waals surface area (Å²) in [6.45, 7) is 0. The van der Waals surface area contributed by atoms with Crippen LogP contribution in [0.25, 0.3) is 0 Å². The number of rotatable bonds is 3. The van der Waals surface area contributed by atoms with E-state index in [4.69, 9.17) is 15.9 Å². The van der Waals surface area contributed by atoms with Crippen molar-refractivity contribution in [2.75, 3.05) is 0 Å². The van der Waals surface area contributed by atoms with Crippen LogP contribution in [0, 0.1) is 5.41 Å². The minimum atomic E-state index is 0.0264. The first-order valence-corrected chi connectivity index (χ1v) is 6.97. The van der Waals surface area contributed by atoms with E-state index < -0.39 is 0 Å². The van der Waals surface area contributed by atoms with Crippen LogP contribution in [0.5, 0.6) is 11.5 Å². The quantitative estimate of drug-likeness (QED) is 0.658. The zero-order valence-corrected chi connectivity index (χ0v) is 11.4. The Morgan fingerprint density at radius 2 is 1.75 bits per heavy atom. The second kappa shape index (κ2) is 5.37. The van der Waals surface area contributed by atoms with Crippen molar-refractivity contribution in [3.05, 3.63) is 59.2 Å². The van der Waals surface area contributed by atoms with Crippen LogP contribution in [-0.4, -0.2) is 5.84 Å². The molecule has 0 unspecified atom stereocenters. The number of nitrogens with one attached hydrogen (secondary N) is 1. The van der Waals surface area contributed by atoms with Crippen LogP contribution in [0.2, 0.25) is 0 Å². The Balaban J connectivity index is 1.90. The molecule has 1 aliphatic rings. The largest absolute Gasteiger partial charge is 0.457 e. The molecule has 0 spiro atoms. The van der Waals surface area contributed by atoms with E-state index >= 15 is 0 Å². The molecule has 0 heterocycles. The lowest BCUT2D eigenvalue weighted by molar-refractivity contribution is 0.479. The molecule has 0 fully saturated rings. The minimum Gasteiger partial charge on any atom is -0.457 e. The minimum absolute atomic E-state index is 0.0264. The number of hydrogen-bond donors (Lipinski definition) is 2. The first kappa shape index (κ1) is 12.7. The summed E-state index contributed by atoms with van der Waals surface area (Å²) >= 11 is 0. The Morgan fingerprint density at radius 3 is 2.55 bits per heavy atom. The third kappa shape index (κ3) is 2.52. The number of nitrogen functional groups attached to an aromatic ring is 1. The molecule has 0 bridgehead atoms. The molecule has 0 saturated carbocycles. The maximum Gasteiger partial charge on any atom is 0.138 e. The van der Waals surface area contributed by atoms with Gasteiger partial charge in [0.25, 0.3) is 0 Å². The van der Waals surface area contributed by atoms with E-state index in [1.54, 1.807) is 6.07 Å². The Morgan fingerprint density at radius 1 is 1.00 bits per heavy atom. The van der Waals surface area contributed by atoms with E-state index in [0.717, 1.165) is 12.2 Å². The lowest BCUT2D eigenvalue weighted by atomic mass is 9.92. The van der Waals surface area contributed by atoms with Crippen LogP contribution in [0.4, 0.5) is 0 Å². The van der Waals surface area contributed by atoms with Gasteiger partial charge in [-0.3, -0.25) is 5.41 Å². The number of aryl methyl sites for hydroxylation is 2. The van der Waals surface area contributed by atoms with Gasteiger partial charge in [0.1, 0.15) is 17.3 Å².